The molecule has 0 aliphatic heterocycles. The molecule has 0 aromatic rings. The van der Waals surface area contributed by atoms with Crippen molar-refractivity contribution < 1.29 is 19.1 Å². The zero-order valence-corrected chi connectivity index (χ0v) is 22.3. The number of carbonyl (C=O) groups is 2. The van der Waals surface area contributed by atoms with E-state index in [2.05, 4.69) is 33.3 Å². The molecule has 4 nitrogen and oxygen atoms in total. The van der Waals surface area contributed by atoms with Gasteiger partial charge in [0, 0.05) is 0 Å². The van der Waals surface area contributed by atoms with Crippen molar-refractivity contribution in [2.24, 2.45) is 5.41 Å². The van der Waals surface area contributed by atoms with Crippen LogP contribution < -0.4 is 0 Å². The molecule has 0 heterocycles. The van der Waals surface area contributed by atoms with Crippen molar-refractivity contribution in [1.29, 1.82) is 0 Å². The van der Waals surface area contributed by atoms with Gasteiger partial charge in [0.1, 0.15) is 0 Å². The zero-order valence-electron chi connectivity index (χ0n) is 19.4. The second-order valence-electron chi connectivity index (χ2n) is 8.36. The zero-order chi connectivity index (χ0) is 22.3. The van der Waals surface area contributed by atoms with Gasteiger partial charge in [-0.3, -0.25) is 0 Å². The number of hydrogen-bond donors (Lipinski definition) is 0. The van der Waals surface area contributed by atoms with Crippen LogP contribution >= 0.6 is 0 Å². The summed E-state index contributed by atoms with van der Waals surface area (Å²) in [5.41, 5.74) is -0.511. The summed E-state index contributed by atoms with van der Waals surface area (Å²) >= 11 is -2.49. The standard InChI is InChI=1S/C12H15O4.3C4H9.Sn/c1-6-7-12(8-9(2)3,10(13)15-4)11(14)16-5;3*1-3-4-2;/h1H,2-3,7-8H2,4-5H3;3*1,3-4H2,2H3;. The Bertz CT molecular complexity index is 524. The molecule has 0 aromatic heterocycles. The first-order valence-corrected chi connectivity index (χ1v) is 19.2. The molecule has 0 radical (unpaired) electrons. The molecule has 0 unspecified atom stereocenters. The third-order valence-electron chi connectivity index (χ3n) is 5.91. The first-order valence-electron chi connectivity index (χ1n) is 11.1. The molecule has 0 fully saturated rings. The van der Waals surface area contributed by atoms with Crippen LogP contribution in [-0.4, -0.2) is 44.5 Å². The fraction of sp³-hybridized carbons (Fsp3) is 0.750. The molecule has 0 atom stereocenters. The van der Waals surface area contributed by atoms with E-state index in [9.17, 15) is 9.59 Å². The van der Waals surface area contributed by atoms with Gasteiger partial charge in [0.15, 0.2) is 0 Å². The maximum atomic E-state index is 12.6. The van der Waals surface area contributed by atoms with Crippen LogP contribution in [0.4, 0.5) is 0 Å². The fourth-order valence-electron chi connectivity index (χ4n) is 4.31. The Balaban J connectivity index is 5.78. The quantitative estimate of drug-likeness (QED) is 0.0819. The van der Waals surface area contributed by atoms with Gasteiger partial charge in [0.25, 0.3) is 0 Å². The van der Waals surface area contributed by atoms with Crippen molar-refractivity contribution in [2.75, 3.05) is 14.2 Å². The van der Waals surface area contributed by atoms with Gasteiger partial charge in [-0.1, -0.05) is 0 Å². The Morgan fingerprint density at radius 1 is 0.931 bits per heavy atom. The van der Waals surface area contributed by atoms with Crippen molar-refractivity contribution in [1.82, 2.24) is 0 Å². The summed E-state index contributed by atoms with van der Waals surface area (Å²) in [7, 11) is 2.57. The van der Waals surface area contributed by atoms with E-state index in [1.54, 1.807) is 0 Å². The number of terminal acetylenes is 1. The van der Waals surface area contributed by atoms with Gasteiger partial charge in [-0.2, -0.15) is 0 Å². The molecule has 0 aromatic carbocycles. The fourth-order valence-corrected chi connectivity index (χ4v) is 20.8. The molecule has 0 saturated heterocycles. The van der Waals surface area contributed by atoms with Crippen LogP contribution in [0, 0.1) is 17.8 Å². The monoisotopic (exact) mass is 514 g/mol. The Labute approximate surface area is 183 Å². The molecular weight excluding hydrogens is 471 g/mol. The number of unbranched alkanes of at least 4 members (excludes halogenated alkanes) is 3. The topological polar surface area (TPSA) is 52.6 Å². The molecule has 0 amide bonds. The predicted molar refractivity (Wildman–Crippen MR) is 123 cm³/mol. The third-order valence-corrected chi connectivity index (χ3v) is 21.6. The average Bonchev–Trinajstić information content (AvgIpc) is 2.72. The number of hydrogen-bond acceptors (Lipinski definition) is 4. The normalized spacial score (nSPS) is 11.6. The van der Waals surface area contributed by atoms with E-state index in [1.807, 2.05) is 0 Å². The Morgan fingerprint density at radius 2 is 1.34 bits per heavy atom. The summed E-state index contributed by atoms with van der Waals surface area (Å²) in [6.07, 6.45) is 13.1. The van der Waals surface area contributed by atoms with E-state index >= 15 is 0 Å². The number of carbonyl (C=O) groups excluding carboxylic acids is 2. The first kappa shape index (κ1) is 28.0. The predicted octanol–water partition coefficient (Wildman–Crippen LogP) is 6.14. The van der Waals surface area contributed by atoms with Gasteiger partial charge in [-0.05, 0) is 0 Å². The number of esters is 2. The van der Waals surface area contributed by atoms with Gasteiger partial charge >= 0.3 is 183 Å². The van der Waals surface area contributed by atoms with Crippen LogP contribution in [0.25, 0.3) is 0 Å². The molecule has 0 spiro atoms. The van der Waals surface area contributed by atoms with Crippen LogP contribution in [0.2, 0.25) is 17.7 Å². The van der Waals surface area contributed by atoms with E-state index in [1.165, 1.54) is 66.1 Å². The third kappa shape index (κ3) is 8.74. The van der Waals surface area contributed by atoms with E-state index in [-0.39, 0.29) is 12.8 Å². The summed E-state index contributed by atoms with van der Waals surface area (Å²) in [5, 5.41) is 0. The molecule has 29 heavy (non-hydrogen) atoms. The van der Waals surface area contributed by atoms with E-state index < -0.39 is 35.7 Å². The molecule has 0 bridgehead atoms. The van der Waals surface area contributed by atoms with Crippen molar-refractivity contribution >= 4 is 30.3 Å². The summed E-state index contributed by atoms with van der Waals surface area (Å²) in [5.74, 6) is 1.23. The Morgan fingerprint density at radius 3 is 1.66 bits per heavy atom. The van der Waals surface area contributed by atoms with Gasteiger partial charge in [-0.15, -0.1) is 0 Å². The van der Waals surface area contributed by atoms with Gasteiger partial charge in [-0.25, -0.2) is 0 Å². The molecule has 166 valence electrons. The van der Waals surface area contributed by atoms with Crippen LogP contribution in [-0.2, 0) is 19.1 Å². The Hall–Kier alpha value is -0.961. The minimum atomic E-state index is -2.49. The summed E-state index contributed by atoms with van der Waals surface area (Å²) in [6, 6.07) is 0. The van der Waals surface area contributed by atoms with E-state index in [0.29, 0.717) is 0 Å². The summed E-state index contributed by atoms with van der Waals surface area (Å²) in [4.78, 5) is 25.2. The summed E-state index contributed by atoms with van der Waals surface area (Å²) in [6.45, 7) is 11.1. The number of rotatable bonds is 16. The van der Waals surface area contributed by atoms with E-state index in [0.717, 1.165) is 10.0 Å². The van der Waals surface area contributed by atoms with Gasteiger partial charge in [0.05, 0.1) is 0 Å². The molecule has 0 aliphatic carbocycles. The number of allylic oxidation sites excluding steroid dienone is 1. The van der Waals surface area contributed by atoms with Crippen molar-refractivity contribution in [3.05, 3.63) is 12.2 Å². The molecule has 0 rings (SSSR count). The van der Waals surface area contributed by atoms with Crippen molar-refractivity contribution in [2.45, 2.75) is 89.9 Å². The molecular formula is C24H42O4Sn. The van der Waals surface area contributed by atoms with Crippen LogP contribution in [0.3, 0.4) is 0 Å². The molecule has 5 heteroatoms. The number of methoxy groups -OCH3 is 2. The van der Waals surface area contributed by atoms with Crippen molar-refractivity contribution in [3.63, 3.8) is 0 Å². The van der Waals surface area contributed by atoms with Crippen LogP contribution in [0.15, 0.2) is 12.2 Å². The van der Waals surface area contributed by atoms with Crippen LogP contribution in [0.5, 0.6) is 0 Å². The summed E-state index contributed by atoms with van der Waals surface area (Å²) < 4.78 is 15.0. The van der Waals surface area contributed by atoms with Crippen molar-refractivity contribution in [3.8, 4) is 12.3 Å². The second-order valence-corrected chi connectivity index (χ2v) is 22.2. The van der Waals surface area contributed by atoms with Gasteiger partial charge < -0.3 is 0 Å². The molecule has 0 N–H and O–H groups in total. The average molecular weight is 513 g/mol. The maximum absolute atomic E-state index is 12.6. The molecule has 0 aliphatic rings. The first-order chi connectivity index (χ1) is 13.8. The SMILES string of the molecule is C#CCC(CC(=C)[CH2][Sn]([CH2]CCC)([CH2]CCC)[CH2]CCC)(C(=O)OC)C(=O)OC. The number of ether oxygens (including phenoxy) is 2. The Kier molecular flexibility index (Phi) is 14.4. The van der Waals surface area contributed by atoms with E-state index in [4.69, 9.17) is 15.9 Å². The van der Waals surface area contributed by atoms with Gasteiger partial charge in [0.2, 0.25) is 0 Å². The minimum absolute atomic E-state index is 0.0350. The van der Waals surface area contributed by atoms with Crippen LogP contribution in [0.1, 0.15) is 72.1 Å². The second kappa shape index (κ2) is 14.9. The molecule has 0 saturated carbocycles.